The molecule has 68 valence electrons. The molecule has 1 aromatic heterocycles. The number of halogens is 2. The van der Waals surface area contributed by atoms with Gasteiger partial charge in [0.2, 0.25) is 0 Å². The Labute approximate surface area is 74.4 Å². The monoisotopic (exact) mass is 191 g/mol. The Morgan fingerprint density at radius 1 is 1.50 bits per heavy atom. The van der Waals surface area contributed by atoms with E-state index in [1.165, 1.54) is 4.88 Å². The average molecular weight is 191 g/mol. The first-order valence-corrected chi connectivity index (χ1v) is 4.68. The van der Waals surface area contributed by atoms with Gasteiger partial charge in [-0.25, -0.2) is 8.78 Å². The SMILES string of the molecule is FC(F)CNCCc1cccs1. The van der Waals surface area contributed by atoms with Gasteiger partial charge in [-0.05, 0) is 17.9 Å². The molecule has 1 aromatic rings. The highest BCUT2D eigenvalue weighted by molar-refractivity contribution is 7.09. The summed E-state index contributed by atoms with van der Waals surface area (Å²) in [5.41, 5.74) is 0. The fraction of sp³-hybridized carbons (Fsp3) is 0.500. The Bertz CT molecular complexity index is 199. The molecule has 0 aromatic carbocycles. The van der Waals surface area contributed by atoms with E-state index in [4.69, 9.17) is 0 Å². The van der Waals surface area contributed by atoms with Gasteiger partial charge in [-0.1, -0.05) is 6.07 Å². The van der Waals surface area contributed by atoms with Crippen molar-refractivity contribution in [3.05, 3.63) is 22.4 Å². The number of hydrogen-bond donors (Lipinski definition) is 1. The fourth-order valence-electron chi connectivity index (χ4n) is 0.878. The van der Waals surface area contributed by atoms with E-state index in [0.717, 1.165) is 6.42 Å². The van der Waals surface area contributed by atoms with Crippen molar-refractivity contribution in [3.63, 3.8) is 0 Å². The topological polar surface area (TPSA) is 12.0 Å². The van der Waals surface area contributed by atoms with Gasteiger partial charge in [0.1, 0.15) is 0 Å². The molecule has 0 amide bonds. The number of rotatable bonds is 5. The van der Waals surface area contributed by atoms with Gasteiger partial charge in [-0.15, -0.1) is 11.3 Å². The molecule has 1 heterocycles. The largest absolute Gasteiger partial charge is 0.311 e. The van der Waals surface area contributed by atoms with Crippen molar-refractivity contribution in [3.8, 4) is 0 Å². The van der Waals surface area contributed by atoms with Crippen molar-refractivity contribution < 1.29 is 8.78 Å². The quantitative estimate of drug-likeness (QED) is 0.703. The summed E-state index contributed by atoms with van der Waals surface area (Å²) in [6.07, 6.45) is -1.40. The van der Waals surface area contributed by atoms with Gasteiger partial charge in [0.25, 0.3) is 6.43 Å². The second kappa shape index (κ2) is 5.22. The summed E-state index contributed by atoms with van der Waals surface area (Å²) in [5.74, 6) is 0. The van der Waals surface area contributed by atoms with E-state index >= 15 is 0 Å². The molecule has 0 aliphatic rings. The molecule has 0 aliphatic heterocycles. The van der Waals surface area contributed by atoms with E-state index < -0.39 is 6.43 Å². The van der Waals surface area contributed by atoms with Gasteiger partial charge in [0.05, 0.1) is 6.54 Å². The van der Waals surface area contributed by atoms with Crippen molar-refractivity contribution in [1.82, 2.24) is 5.32 Å². The van der Waals surface area contributed by atoms with Crippen molar-refractivity contribution >= 4 is 11.3 Å². The predicted molar refractivity (Wildman–Crippen MR) is 46.9 cm³/mol. The summed E-state index contributed by atoms with van der Waals surface area (Å²) in [6, 6.07) is 3.97. The summed E-state index contributed by atoms with van der Waals surface area (Å²) in [4.78, 5) is 1.23. The van der Waals surface area contributed by atoms with E-state index in [0.29, 0.717) is 6.54 Å². The number of thiophene rings is 1. The van der Waals surface area contributed by atoms with Crippen LogP contribution < -0.4 is 5.32 Å². The third-order valence-electron chi connectivity index (χ3n) is 1.43. The second-order valence-electron chi connectivity index (χ2n) is 2.42. The van der Waals surface area contributed by atoms with Gasteiger partial charge < -0.3 is 5.32 Å². The predicted octanol–water partition coefficient (Wildman–Crippen LogP) is 2.15. The molecule has 1 nitrogen and oxygen atoms in total. The van der Waals surface area contributed by atoms with E-state index in [2.05, 4.69) is 5.32 Å². The molecule has 0 saturated carbocycles. The molecule has 0 spiro atoms. The summed E-state index contributed by atoms with van der Waals surface area (Å²) in [5, 5.41) is 4.67. The maximum absolute atomic E-state index is 11.6. The molecule has 0 unspecified atom stereocenters. The first kappa shape index (κ1) is 9.61. The van der Waals surface area contributed by atoms with Crippen LogP contribution in [0.15, 0.2) is 17.5 Å². The van der Waals surface area contributed by atoms with E-state index in [-0.39, 0.29) is 6.54 Å². The smallest absolute Gasteiger partial charge is 0.250 e. The average Bonchev–Trinajstić information content (AvgIpc) is 2.49. The fourth-order valence-corrected chi connectivity index (χ4v) is 1.59. The molecule has 0 radical (unpaired) electrons. The van der Waals surface area contributed by atoms with E-state index in [1.807, 2.05) is 17.5 Å². The van der Waals surface area contributed by atoms with Gasteiger partial charge in [0.15, 0.2) is 0 Å². The highest BCUT2D eigenvalue weighted by Gasteiger charge is 2.00. The first-order chi connectivity index (χ1) is 5.79. The standard InChI is InChI=1S/C8H11F2NS/c9-8(10)6-11-4-3-7-2-1-5-12-7/h1-2,5,8,11H,3-4,6H2. The highest BCUT2D eigenvalue weighted by atomic mass is 32.1. The molecule has 12 heavy (non-hydrogen) atoms. The van der Waals surface area contributed by atoms with Crippen LogP contribution in [0.4, 0.5) is 8.78 Å². The van der Waals surface area contributed by atoms with Crippen LogP contribution in [0.5, 0.6) is 0 Å². The zero-order valence-corrected chi connectivity index (χ0v) is 7.41. The summed E-state index contributed by atoms with van der Waals surface area (Å²) in [7, 11) is 0. The molecule has 1 rings (SSSR count). The number of hydrogen-bond acceptors (Lipinski definition) is 2. The van der Waals surface area contributed by atoms with Gasteiger partial charge >= 0.3 is 0 Å². The molecule has 0 atom stereocenters. The number of nitrogens with one attached hydrogen (secondary N) is 1. The third-order valence-corrected chi connectivity index (χ3v) is 2.36. The zero-order valence-electron chi connectivity index (χ0n) is 6.59. The molecule has 0 bridgehead atoms. The van der Waals surface area contributed by atoms with Crippen LogP contribution in [0.3, 0.4) is 0 Å². The van der Waals surface area contributed by atoms with Crippen LogP contribution in [0, 0.1) is 0 Å². The van der Waals surface area contributed by atoms with Crippen LogP contribution in [-0.4, -0.2) is 19.5 Å². The second-order valence-corrected chi connectivity index (χ2v) is 3.46. The molecule has 1 N–H and O–H groups in total. The van der Waals surface area contributed by atoms with Crippen LogP contribution in [-0.2, 0) is 6.42 Å². The minimum absolute atomic E-state index is 0.203. The van der Waals surface area contributed by atoms with Crippen LogP contribution in [0.1, 0.15) is 4.88 Å². The minimum atomic E-state index is -2.24. The Morgan fingerprint density at radius 2 is 2.33 bits per heavy atom. The zero-order chi connectivity index (χ0) is 8.81. The van der Waals surface area contributed by atoms with Crippen molar-refractivity contribution in [2.24, 2.45) is 0 Å². The molecule has 4 heteroatoms. The van der Waals surface area contributed by atoms with E-state index in [1.54, 1.807) is 11.3 Å². The molecular formula is C8H11F2NS. The van der Waals surface area contributed by atoms with Gasteiger partial charge in [-0.3, -0.25) is 0 Å². The maximum Gasteiger partial charge on any atom is 0.250 e. The molecule has 0 fully saturated rings. The third kappa shape index (κ3) is 3.78. The van der Waals surface area contributed by atoms with Crippen LogP contribution >= 0.6 is 11.3 Å². The molecule has 0 aliphatic carbocycles. The minimum Gasteiger partial charge on any atom is -0.311 e. The first-order valence-electron chi connectivity index (χ1n) is 3.80. The number of alkyl halides is 2. The maximum atomic E-state index is 11.6. The summed E-state index contributed by atoms with van der Waals surface area (Å²) in [6.45, 7) is 0.427. The lowest BCUT2D eigenvalue weighted by molar-refractivity contribution is 0.146. The lowest BCUT2D eigenvalue weighted by Crippen LogP contribution is -2.23. The highest BCUT2D eigenvalue weighted by Crippen LogP contribution is 2.07. The lowest BCUT2D eigenvalue weighted by Gasteiger charge is -2.01. The molecule has 0 saturated heterocycles. The van der Waals surface area contributed by atoms with Crippen molar-refractivity contribution in [2.75, 3.05) is 13.1 Å². The van der Waals surface area contributed by atoms with Crippen molar-refractivity contribution in [1.29, 1.82) is 0 Å². The Morgan fingerprint density at radius 3 is 2.92 bits per heavy atom. The lowest BCUT2D eigenvalue weighted by atomic mass is 10.3. The Hall–Kier alpha value is -0.480. The summed E-state index contributed by atoms with van der Waals surface area (Å²) < 4.78 is 23.3. The molecular weight excluding hydrogens is 180 g/mol. The van der Waals surface area contributed by atoms with Crippen molar-refractivity contribution in [2.45, 2.75) is 12.8 Å². The Kier molecular flexibility index (Phi) is 4.18. The van der Waals surface area contributed by atoms with E-state index in [9.17, 15) is 8.78 Å². The normalized spacial score (nSPS) is 10.9. The van der Waals surface area contributed by atoms with Gasteiger partial charge in [0, 0.05) is 11.4 Å². The Balaban J connectivity index is 2.04. The van der Waals surface area contributed by atoms with Gasteiger partial charge in [-0.2, -0.15) is 0 Å². The summed E-state index contributed by atoms with van der Waals surface area (Å²) >= 11 is 1.65. The van der Waals surface area contributed by atoms with Crippen LogP contribution in [0.2, 0.25) is 0 Å². The van der Waals surface area contributed by atoms with Crippen LogP contribution in [0.25, 0.3) is 0 Å².